The van der Waals surface area contributed by atoms with Crippen molar-refractivity contribution in [3.05, 3.63) is 37.1 Å². The van der Waals surface area contributed by atoms with Gasteiger partial charge in [0.05, 0.1) is 0 Å². The molecule has 0 aromatic heterocycles. The lowest BCUT2D eigenvalue weighted by atomic mass is 10.3. The Bertz CT molecular complexity index is 334. The Morgan fingerprint density at radius 1 is 1.41 bits per heavy atom. The fourth-order valence-corrected chi connectivity index (χ4v) is 1.18. The monoisotopic (exact) mass is 253 g/mol. The molecule has 0 saturated carbocycles. The highest BCUT2D eigenvalue weighted by Gasteiger charge is 2.09. The molecule has 0 aromatic carbocycles. The van der Waals surface area contributed by atoms with E-state index in [-0.39, 0.29) is 5.57 Å². The van der Waals surface area contributed by atoms with Crippen LogP contribution in [0.3, 0.4) is 0 Å². The van der Waals surface area contributed by atoms with E-state index >= 15 is 0 Å². The largest absolute Gasteiger partial charge is 0.369 e. The average Bonchev–Trinajstić information content (AvgIpc) is 2.33. The topological polar surface area (TPSA) is 56.1 Å². The molecule has 0 rings (SSSR count). The van der Waals surface area contributed by atoms with Crippen LogP contribution in [0, 0.1) is 11.3 Å². The van der Waals surface area contributed by atoms with Crippen molar-refractivity contribution in [2.24, 2.45) is 0 Å². The van der Waals surface area contributed by atoms with E-state index in [9.17, 15) is 4.79 Å². The molecular formula is C12H16ClN3O. The first-order valence-corrected chi connectivity index (χ1v) is 5.65. The third-order valence-electron chi connectivity index (χ3n) is 1.78. The van der Waals surface area contributed by atoms with Crippen LogP contribution in [0.4, 0.5) is 0 Å². The number of nitrogens with zero attached hydrogens (tertiary/aromatic N) is 2. The summed E-state index contributed by atoms with van der Waals surface area (Å²) in [5, 5.41) is 11.4. The van der Waals surface area contributed by atoms with Crippen LogP contribution in [-0.2, 0) is 4.79 Å². The van der Waals surface area contributed by atoms with E-state index in [4.69, 9.17) is 16.9 Å². The molecule has 4 nitrogen and oxygen atoms in total. The SMILES string of the molecule is C=CCN(/C=C(/C#N)C(=O)NCCCl)CC=C. The van der Waals surface area contributed by atoms with Crippen LogP contribution < -0.4 is 5.32 Å². The van der Waals surface area contributed by atoms with Crippen molar-refractivity contribution in [2.75, 3.05) is 25.5 Å². The van der Waals surface area contributed by atoms with Gasteiger partial charge in [0, 0.05) is 31.7 Å². The van der Waals surface area contributed by atoms with E-state index in [2.05, 4.69) is 18.5 Å². The molecule has 0 aliphatic carbocycles. The Morgan fingerprint density at radius 3 is 2.41 bits per heavy atom. The lowest BCUT2D eigenvalue weighted by Gasteiger charge is -2.16. The summed E-state index contributed by atoms with van der Waals surface area (Å²) in [5.74, 6) is -0.112. The van der Waals surface area contributed by atoms with Gasteiger partial charge >= 0.3 is 0 Å². The maximum absolute atomic E-state index is 11.5. The summed E-state index contributed by atoms with van der Waals surface area (Å²) in [6.07, 6.45) is 4.87. The highest BCUT2D eigenvalue weighted by atomic mass is 35.5. The molecule has 0 heterocycles. The molecule has 0 bridgehead atoms. The van der Waals surface area contributed by atoms with Crippen LogP contribution >= 0.6 is 11.6 Å². The number of nitrogens with one attached hydrogen (secondary N) is 1. The van der Waals surface area contributed by atoms with Crippen molar-refractivity contribution >= 4 is 17.5 Å². The van der Waals surface area contributed by atoms with Crippen LogP contribution in [0.5, 0.6) is 0 Å². The summed E-state index contributed by atoms with van der Waals surface area (Å²) >= 11 is 5.44. The van der Waals surface area contributed by atoms with Gasteiger partial charge in [0.25, 0.3) is 5.91 Å². The van der Waals surface area contributed by atoms with Gasteiger partial charge in [-0.05, 0) is 0 Å². The quantitative estimate of drug-likeness (QED) is 0.308. The van der Waals surface area contributed by atoms with Gasteiger partial charge in [-0.2, -0.15) is 5.26 Å². The molecule has 92 valence electrons. The third-order valence-corrected chi connectivity index (χ3v) is 1.97. The number of hydrogen-bond donors (Lipinski definition) is 1. The number of rotatable bonds is 8. The molecule has 17 heavy (non-hydrogen) atoms. The number of amides is 1. The van der Waals surface area contributed by atoms with Gasteiger partial charge in [0.1, 0.15) is 11.6 Å². The first-order valence-electron chi connectivity index (χ1n) is 5.11. The standard InChI is InChI=1S/C12H16ClN3O/c1-3-7-16(8-4-2)10-11(9-14)12(17)15-6-5-13/h3-4,10H,1-2,5-8H2,(H,15,17)/b11-10-. The third kappa shape index (κ3) is 6.44. The van der Waals surface area contributed by atoms with Gasteiger partial charge in [-0.25, -0.2) is 0 Å². The first kappa shape index (κ1) is 15.3. The van der Waals surface area contributed by atoms with Crippen molar-refractivity contribution in [1.29, 1.82) is 5.26 Å². The molecule has 0 aliphatic rings. The van der Waals surface area contributed by atoms with Gasteiger partial charge in [-0.15, -0.1) is 24.8 Å². The Balaban J connectivity index is 4.69. The molecule has 0 unspecified atom stereocenters. The minimum Gasteiger partial charge on any atom is -0.369 e. The zero-order valence-electron chi connectivity index (χ0n) is 9.66. The summed E-state index contributed by atoms with van der Waals surface area (Å²) in [6, 6.07) is 1.85. The molecular weight excluding hydrogens is 238 g/mol. The van der Waals surface area contributed by atoms with E-state index in [0.717, 1.165) is 0 Å². The van der Waals surface area contributed by atoms with Gasteiger partial charge in [0.2, 0.25) is 0 Å². The molecule has 0 saturated heterocycles. The molecule has 0 atom stereocenters. The van der Waals surface area contributed by atoms with Gasteiger partial charge in [0.15, 0.2) is 0 Å². The van der Waals surface area contributed by atoms with Crippen molar-refractivity contribution in [1.82, 2.24) is 10.2 Å². The van der Waals surface area contributed by atoms with E-state index in [1.54, 1.807) is 17.1 Å². The minimum atomic E-state index is -0.425. The van der Waals surface area contributed by atoms with Crippen LogP contribution in [0.1, 0.15) is 0 Å². The van der Waals surface area contributed by atoms with Gasteiger partial charge < -0.3 is 10.2 Å². The number of carbonyl (C=O) groups is 1. The van der Waals surface area contributed by atoms with Crippen LogP contribution in [0.25, 0.3) is 0 Å². The second kappa shape index (κ2) is 9.49. The minimum absolute atomic E-state index is 0.0406. The maximum Gasteiger partial charge on any atom is 0.263 e. The van der Waals surface area contributed by atoms with Crippen molar-refractivity contribution in [3.8, 4) is 6.07 Å². The fourth-order valence-electron chi connectivity index (χ4n) is 1.09. The predicted octanol–water partition coefficient (Wildman–Crippen LogP) is 1.42. The van der Waals surface area contributed by atoms with Crippen LogP contribution in [0.2, 0.25) is 0 Å². The van der Waals surface area contributed by atoms with E-state index < -0.39 is 5.91 Å². The maximum atomic E-state index is 11.5. The fraction of sp³-hybridized carbons (Fsp3) is 0.333. The smallest absolute Gasteiger partial charge is 0.263 e. The van der Waals surface area contributed by atoms with E-state index in [1.807, 2.05) is 6.07 Å². The molecule has 0 aromatic rings. The predicted molar refractivity (Wildman–Crippen MR) is 69.4 cm³/mol. The average molecular weight is 254 g/mol. The summed E-state index contributed by atoms with van der Waals surface area (Å²) in [6.45, 7) is 8.63. The molecule has 1 amide bonds. The number of halogens is 1. The second-order valence-corrected chi connectivity index (χ2v) is 3.51. The molecule has 1 N–H and O–H groups in total. The van der Waals surface area contributed by atoms with Crippen molar-refractivity contribution < 1.29 is 4.79 Å². The Kier molecular flexibility index (Phi) is 8.53. The molecule has 0 radical (unpaired) electrons. The molecule has 0 spiro atoms. The van der Waals surface area contributed by atoms with Gasteiger partial charge in [-0.1, -0.05) is 12.2 Å². The summed E-state index contributed by atoms with van der Waals surface area (Å²) in [5.41, 5.74) is 0.0406. The zero-order valence-corrected chi connectivity index (χ0v) is 10.4. The lowest BCUT2D eigenvalue weighted by molar-refractivity contribution is -0.117. The summed E-state index contributed by atoms with van der Waals surface area (Å²) in [4.78, 5) is 13.3. The van der Waals surface area contributed by atoms with Gasteiger partial charge in [-0.3, -0.25) is 4.79 Å². The summed E-state index contributed by atoms with van der Waals surface area (Å²) in [7, 11) is 0. The summed E-state index contributed by atoms with van der Waals surface area (Å²) < 4.78 is 0. The molecule has 5 heteroatoms. The van der Waals surface area contributed by atoms with E-state index in [1.165, 1.54) is 6.20 Å². The lowest BCUT2D eigenvalue weighted by Crippen LogP contribution is -2.28. The first-order chi connectivity index (χ1) is 8.19. The number of carbonyl (C=O) groups excluding carboxylic acids is 1. The highest BCUT2D eigenvalue weighted by Crippen LogP contribution is 1.99. The highest BCUT2D eigenvalue weighted by molar-refractivity contribution is 6.18. The van der Waals surface area contributed by atoms with E-state index in [0.29, 0.717) is 25.5 Å². The number of hydrogen-bond acceptors (Lipinski definition) is 3. The number of nitriles is 1. The number of alkyl halides is 1. The van der Waals surface area contributed by atoms with Crippen LogP contribution in [0.15, 0.2) is 37.1 Å². The van der Waals surface area contributed by atoms with Crippen molar-refractivity contribution in [2.45, 2.75) is 0 Å². The Morgan fingerprint density at radius 2 is 2.00 bits per heavy atom. The zero-order chi connectivity index (χ0) is 13.1. The molecule has 0 aliphatic heterocycles. The second-order valence-electron chi connectivity index (χ2n) is 3.13. The van der Waals surface area contributed by atoms with Crippen molar-refractivity contribution in [3.63, 3.8) is 0 Å². The van der Waals surface area contributed by atoms with Crippen LogP contribution in [-0.4, -0.2) is 36.3 Å². The Hall–Kier alpha value is -1.73. The molecule has 0 fully saturated rings. The normalized spacial score (nSPS) is 10.2. The Labute approximate surface area is 107 Å².